The van der Waals surface area contributed by atoms with Crippen LogP contribution in [0.25, 0.3) is 22.4 Å². The Morgan fingerprint density at radius 2 is 1.87 bits per heavy atom. The number of pyridine rings is 1. The highest BCUT2D eigenvalue weighted by Crippen LogP contribution is 2.41. The van der Waals surface area contributed by atoms with Crippen LogP contribution < -0.4 is 20.7 Å². The van der Waals surface area contributed by atoms with Crippen LogP contribution in [0.5, 0.6) is 5.75 Å². The number of aromatic nitrogens is 3. The highest BCUT2D eigenvalue weighted by atomic mass is 35.5. The van der Waals surface area contributed by atoms with E-state index < -0.39 is 0 Å². The second-order valence-electron chi connectivity index (χ2n) is 11.6. The molecule has 4 heterocycles. The van der Waals surface area contributed by atoms with Crippen molar-refractivity contribution in [2.24, 2.45) is 7.05 Å². The van der Waals surface area contributed by atoms with Crippen molar-refractivity contribution in [1.82, 2.24) is 30.1 Å². The predicted octanol–water partition coefficient (Wildman–Crippen LogP) is 5.26. The van der Waals surface area contributed by atoms with Crippen LogP contribution in [0.2, 0.25) is 10.0 Å². The zero-order valence-corrected chi connectivity index (χ0v) is 27.4. The van der Waals surface area contributed by atoms with E-state index in [1.54, 1.807) is 19.4 Å². The third-order valence-electron chi connectivity index (χ3n) is 8.58. The smallest absolute Gasteiger partial charge is 0.291 e. The molecule has 10 nitrogen and oxygen atoms in total. The number of ether oxygens (including phenoxy) is 1. The first-order valence-electron chi connectivity index (χ1n) is 15.1. The average Bonchev–Trinajstić information content (AvgIpc) is 3.66. The number of nitrogens with one attached hydrogen (secondary N) is 3. The number of imidazole rings is 1. The number of carbonyl (C=O) groups is 1. The maximum atomic E-state index is 13.4. The second kappa shape index (κ2) is 13.7. The Morgan fingerprint density at radius 1 is 1.11 bits per heavy atom. The van der Waals surface area contributed by atoms with Crippen LogP contribution in [-0.2, 0) is 31.4 Å². The van der Waals surface area contributed by atoms with E-state index in [1.807, 2.05) is 61.0 Å². The molecule has 2 aromatic heterocycles. The molecule has 0 aliphatic carbocycles. The summed E-state index contributed by atoms with van der Waals surface area (Å²) >= 11 is 13.9. The van der Waals surface area contributed by atoms with Gasteiger partial charge in [0.2, 0.25) is 0 Å². The fourth-order valence-corrected chi connectivity index (χ4v) is 6.67. The molecule has 6 rings (SSSR count). The Morgan fingerprint density at radius 3 is 2.63 bits per heavy atom. The molecule has 2 aliphatic rings. The molecular formula is C34H35Cl2N7O3. The zero-order valence-electron chi connectivity index (χ0n) is 25.9. The molecule has 1 fully saturated rings. The molecule has 0 unspecified atom stereocenters. The lowest BCUT2D eigenvalue weighted by atomic mass is 10.00. The number of anilines is 1. The van der Waals surface area contributed by atoms with Crippen molar-refractivity contribution < 1.29 is 14.3 Å². The fraction of sp³-hybridized carbons (Fsp3) is 0.324. The Bertz CT molecular complexity index is 1850. The van der Waals surface area contributed by atoms with E-state index in [4.69, 9.17) is 32.9 Å². The van der Waals surface area contributed by atoms with Gasteiger partial charge in [-0.05, 0) is 19.5 Å². The molecule has 12 heteroatoms. The molecule has 1 atom stereocenters. The summed E-state index contributed by atoms with van der Waals surface area (Å²) in [5.74, 6) is 2.65. The highest BCUT2D eigenvalue weighted by molar-refractivity contribution is 6.39. The van der Waals surface area contributed by atoms with Crippen LogP contribution in [0.15, 0.2) is 54.4 Å². The van der Waals surface area contributed by atoms with Gasteiger partial charge >= 0.3 is 0 Å². The first kappa shape index (κ1) is 31.8. The molecule has 0 radical (unpaired) electrons. The minimum atomic E-state index is -0.327. The summed E-state index contributed by atoms with van der Waals surface area (Å²) in [6.07, 6.45) is 4.24. The maximum Gasteiger partial charge on any atom is 0.291 e. The Balaban J connectivity index is 1.21. The molecular weight excluding hydrogens is 625 g/mol. The standard InChI is InChI=1S/C34H35Cl2N7O3/c1-42-13-12-29-28(18-42)40-33(43(29)2)34(45)41-26-9-5-7-24(32(26)36)23-6-4-8-25(31(23)35)27-14-30(46-3)20(16-38-27)15-37-17-21-10-11-22(19-44)39-21/h4-9,14,16,21,37,39H,10-13,15,17-18H2,1-3H3,(H,41,45)/t21-/m0/s1. The Kier molecular flexibility index (Phi) is 9.44. The summed E-state index contributed by atoms with van der Waals surface area (Å²) in [5.41, 5.74) is 6.74. The van der Waals surface area contributed by atoms with E-state index in [1.165, 1.54) is 0 Å². The van der Waals surface area contributed by atoms with Crippen molar-refractivity contribution >= 4 is 40.7 Å². The second-order valence-corrected chi connectivity index (χ2v) is 12.4. The van der Waals surface area contributed by atoms with Crippen molar-refractivity contribution in [2.45, 2.75) is 38.4 Å². The minimum Gasteiger partial charge on any atom is -0.496 e. The SMILES string of the molecule is COc1cc(-c2cccc(-c3cccc(NC(=O)c4nc5c(n4C)CCN(C)C5)c3Cl)c2Cl)ncc1CNC[C@@H]1CCC(=C=O)N1. The van der Waals surface area contributed by atoms with E-state index in [-0.39, 0.29) is 11.9 Å². The summed E-state index contributed by atoms with van der Waals surface area (Å²) in [5, 5.41) is 10.4. The fourth-order valence-electron chi connectivity index (χ4n) is 6.07. The maximum absolute atomic E-state index is 13.4. The number of allylic oxidation sites excluding steroid dienone is 1. The Hall–Kier alpha value is -4.18. The summed E-state index contributed by atoms with van der Waals surface area (Å²) in [7, 11) is 5.54. The van der Waals surface area contributed by atoms with Crippen LogP contribution in [0.1, 0.15) is 40.4 Å². The molecule has 46 heavy (non-hydrogen) atoms. The van der Waals surface area contributed by atoms with Gasteiger partial charge in [0.15, 0.2) is 5.82 Å². The molecule has 3 N–H and O–H groups in total. The normalized spacial score (nSPS) is 16.1. The van der Waals surface area contributed by atoms with Gasteiger partial charge in [0.25, 0.3) is 5.91 Å². The number of rotatable bonds is 9. The quantitative estimate of drug-likeness (QED) is 0.209. The number of halogens is 2. The van der Waals surface area contributed by atoms with E-state index in [0.29, 0.717) is 69.5 Å². The van der Waals surface area contributed by atoms with Gasteiger partial charge in [-0.25, -0.2) is 9.78 Å². The van der Waals surface area contributed by atoms with E-state index in [9.17, 15) is 9.59 Å². The highest BCUT2D eigenvalue weighted by Gasteiger charge is 2.25. The first-order valence-corrected chi connectivity index (χ1v) is 15.9. The molecule has 0 bridgehead atoms. The lowest BCUT2D eigenvalue weighted by Gasteiger charge is -2.21. The topological polar surface area (TPSA) is 113 Å². The summed E-state index contributed by atoms with van der Waals surface area (Å²) < 4.78 is 7.57. The third-order valence-corrected chi connectivity index (χ3v) is 9.39. The number of methoxy groups -OCH3 is 1. The number of benzene rings is 2. The largest absolute Gasteiger partial charge is 0.496 e. The van der Waals surface area contributed by atoms with Crippen molar-refractivity contribution in [3.05, 3.63) is 87.2 Å². The number of amides is 1. The number of nitrogens with zero attached hydrogens (tertiary/aromatic N) is 4. The van der Waals surface area contributed by atoms with Crippen LogP contribution in [0.4, 0.5) is 5.69 Å². The van der Waals surface area contributed by atoms with Gasteiger partial charge in [-0.1, -0.05) is 53.5 Å². The van der Waals surface area contributed by atoms with Crippen molar-refractivity contribution in [2.75, 3.05) is 32.6 Å². The molecule has 4 aromatic rings. The molecule has 2 aromatic carbocycles. The van der Waals surface area contributed by atoms with Crippen molar-refractivity contribution in [1.29, 1.82) is 0 Å². The number of fused-ring (bicyclic) bond motifs is 1. The van der Waals surface area contributed by atoms with Gasteiger partial charge in [-0.3, -0.25) is 9.78 Å². The van der Waals surface area contributed by atoms with Gasteiger partial charge in [-0.15, -0.1) is 0 Å². The third kappa shape index (κ3) is 6.40. The van der Waals surface area contributed by atoms with E-state index in [0.717, 1.165) is 48.3 Å². The molecule has 1 amide bonds. The van der Waals surface area contributed by atoms with Crippen LogP contribution in [0, 0.1) is 0 Å². The Labute approximate surface area is 277 Å². The lowest BCUT2D eigenvalue weighted by Crippen LogP contribution is -2.33. The van der Waals surface area contributed by atoms with Crippen molar-refractivity contribution in [3.8, 4) is 28.1 Å². The van der Waals surface area contributed by atoms with Crippen LogP contribution >= 0.6 is 23.2 Å². The summed E-state index contributed by atoms with van der Waals surface area (Å²) in [6, 6.07) is 13.2. The van der Waals surface area contributed by atoms with Crippen LogP contribution in [-0.4, -0.2) is 64.6 Å². The van der Waals surface area contributed by atoms with E-state index >= 15 is 0 Å². The molecule has 238 valence electrons. The lowest BCUT2D eigenvalue weighted by molar-refractivity contribution is 0.101. The monoisotopic (exact) mass is 659 g/mol. The zero-order chi connectivity index (χ0) is 32.4. The van der Waals surface area contributed by atoms with Gasteiger partial charge in [0.1, 0.15) is 11.7 Å². The number of hydrogen-bond donors (Lipinski definition) is 3. The molecule has 2 aliphatic heterocycles. The van der Waals surface area contributed by atoms with Gasteiger partial charge in [0, 0.05) is 92.3 Å². The number of carbonyl (C=O) groups excluding carboxylic acids is 2. The van der Waals surface area contributed by atoms with Gasteiger partial charge < -0.3 is 30.2 Å². The molecule has 0 saturated carbocycles. The minimum absolute atomic E-state index is 0.192. The van der Waals surface area contributed by atoms with E-state index in [2.05, 4.69) is 25.8 Å². The molecule has 0 spiro atoms. The van der Waals surface area contributed by atoms with Gasteiger partial charge in [0.05, 0.1) is 39.9 Å². The summed E-state index contributed by atoms with van der Waals surface area (Å²) in [6.45, 7) is 2.88. The summed E-state index contributed by atoms with van der Waals surface area (Å²) in [4.78, 5) is 35.7. The molecule has 1 saturated heterocycles. The first-order chi connectivity index (χ1) is 22.3. The van der Waals surface area contributed by atoms with Crippen LogP contribution in [0.3, 0.4) is 0 Å². The number of hydrogen-bond acceptors (Lipinski definition) is 8. The average molecular weight is 661 g/mol. The van der Waals surface area contributed by atoms with Gasteiger partial charge in [-0.2, -0.15) is 0 Å². The number of likely N-dealkylation sites (N-methyl/N-ethyl adjacent to an activating group) is 1. The van der Waals surface area contributed by atoms with Crippen molar-refractivity contribution in [3.63, 3.8) is 0 Å². The predicted molar refractivity (Wildman–Crippen MR) is 180 cm³/mol.